The molecular formula is C18H21N3O3. The minimum Gasteiger partial charge on any atom is -0.480 e. The van der Waals surface area contributed by atoms with E-state index in [4.69, 9.17) is 0 Å². The largest absolute Gasteiger partial charge is 0.480 e. The summed E-state index contributed by atoms with van der Waals surface area (Å²) in [6, 6.07) is 10.3. The second kappa shape index (κ2) is 6.86. The zero-order valence-electron chi connectivity index (χ0n) is 13.6. The highest BCUT2D eigenvalue weighted by Gasteiger charge is 2.30. The van der Waals surface area contributed by atoms with Crippen molar-refractivity contribution in [1.29, 1.82) is 0 Å². The van der Waals surface area contributed by atoms with Crippen LogP contribution >= 0.6 is 0 Å². The van der Waals surface area contributed by atoms with Crippen molar-refractivity contribution in [2.45, 2.75) is 44.6 Å². The van der Waals surface area contributed by atoms with E-state index in [1.165, 1.54) is 0 Å². The van der Waals surface area contributed by atoms with Gasteiger partial charge in [0.2, 0.25) is 0 Å². The first kappa shape index (κ1) is 16.2. The number of nitrogens with zero attached hydrogens (tertiary/aromatic N) is 2. The summed E-state index contributed by atoms with van der Waals surface area (Å²) in [5.74, 6) is -1.01. The van der Waals surface area contributed by atoms with Gasteiger partial charge in [0, 0.05) is 5.92 Å². The molecule has 1 aliphatic rings. The van der Waals surface area contributed by atoms with Crippen LogP contribution in [0.15, 0.2) is 36.4 Å². The number of amides is 1. The second-order valence-corrected chi connectivity index (χ2v) is 6.13. The van der Waals surface area contributed by atoms with Crippen molar-refractivity contribution in [3.8, 4) is 5.69 Å². The molecule has 0 bridgehead atoms. The molecule has 1 fully saturated rings. The normalized spacial score (nSPS) is 15.0. The van der Waals surface area contributed by atoms with E-state index >= 15 is 0 Å². The summed E-state index contributed by atoms with van der Waals surface area (Å²) in [5, 5.41) is 16.4. The number of carbonyl (C=O) groups is 2. The van der Waals surface area contributed by atoms with Gasteiger partial charge in [0.1, 0.15) is 11.7 Å². The SMILES string of the molecule is CCCC(NC(=O)c1cc(C2CC2)nn1-c1ccccc1)C(=O)O. The fourth-order valence-electron chi connectivity index (χ4n) is 2.68. The molecule has 1 aromatic heterocycles. The molecule has 0 aliphatic heterocycles. The van der Waals surface area contributed by atoms with Gasteiger partial charge in [-0.15, -0.1) is 0 Å². The lowest BCUT2D eigenvalue weighted by Crippen LogP contribution is -2.41. The van der Waals surface area contributed by atoms with Crippen LogP contribution in [0.25, 0.3) is 5.69 Å². The number of carboxylic acid groups (broad SMARTS) is 1. The first-order valence-corrected chi connectivity index (χ1v) is 8.29. The molecule has 24 heavy (non-hydrogen) atoms. The van der Waals surface area contributed by atoms with Crippen LogP contribution in [0.3, 0.4) is 0 Å². The summed E-state index contributed by atoms with van der Waals surface area (Å²) < 4.78 is 1.61. The van der Waals surface area contributed by atoms with Gasteiger partial charge >= 0.3 is 5.97 Å². The molecule has 6 nitrogen and oxygen atoms in total. The van der Waals surface area contributed by atoms with Crippen LogP contribution in [-0.4, -0.2) is 32.8 Å². The van der Waals surface area contributed by atoms with Crippen molar-refractivity contribution >= 4 is 11.9 Å². The van der Waals surface area contributed by atoms with Crippen LogP contribution in [-0.2, 0) is 4.79 Å². The van der Waals surface area contributed by atoms with Gasteiger partial charge in [-0.05, 0) is 37.5 Å². The Labute approximate surface area is 140 Å². The summed E-state index contributed by atoms with van der Waals surface area (Å²) in [5.41, 5.74) is 2.06. The average molecular weight is 327 g/mol. The van der Waals surface area contributed by atoms with E-state index < -0.39 is 17.9 Å². The third-order valence-electron chi connectivity index (χ3n) is 4.14. The summed E-state index contributed by atoms with van der Waals surface area (Å²) in [4.78, 5) is 23.9. The van der Waals surface area contributed by atoms with Crippen LogP contribution < -0.4 is 5.32 Å². The van der Waals surface area contributed by atoms with E-state index in [2.05, 4.69) is 10.4 Å². The maximum absolute atomic E-state index is 12.6. The maximum atomic E-state index is 12.6. The van der Waals surface area contributed by atoms with Crippen molar-refractivity contribution in [2.75, 3.05) is 0 Å². The molecule has 1 aromatic carbocycles. The molecule has 1 unspecified atom stereocenters. The topological polar surface area (TPSA) is 84.2 Å². The molecule has 2 aromatic rings. The van der Waals surface area contributed by atoms with Gasteiger partial charge in [-0.25, -0.2) is 9.48 Å². The van der Waals surface area contributed by atoms with Crippen LogP contribution in [0.5, 0.6) is 0 Å². The van der Waals surface area contributed by atoms with E-state index in [1.807, 2.05) is 37.3 Å². The zero-order valence-corrected chi connectivity index (χ0v) is 13.6. The Kier molecular flexibility index (Phi) is 4.64. The summed E-state index contributed by atoms with van der Waals surface area (Å²) in [6.45, 7) is 1.89. The van der Waals surface area contributed by atoms with Gasteiger partial charge in [0.15, 0.2) is 0 Å². The Morgan fingerprint density at radius 3 is 2.62 bits per heavy atom. The lowest BCUT2D eigenvalue weighted by atomic mass is 10.1. The smallest absolute Gasteiger partial charge is 0.326 e. The molecule has 6 heteroatoms. The fraction of sp³-hybridized carbons (Fsp3) is 0.389. The predicted octanol–water partition coefficient (Wildman–Crippen LogP) is 2.73. The number of rotatable bonds is 7. The molecule has 126 valence electrons. The van der Waals surface area contributed by atoms with Crippen molar-refractivity contribution in [1.82, 2.24) is 15.1 Å². The Bertz CT molecular complexity index is 735. The highest BCUT2D eigenvalue weighted by Crippen LogP contribution is 2.39. The Morgan fingerprint density at radius 2 is 2.04 bits per heavy atom. The number of aliphatic carboxylic acids is 1. The molecule has 0 saturated heterocycles. The molecule has 1 saturated carbocycles. The molecule has 2 N–H and O–H groups in total. The van der Waals surface area contributed by atoms with Crippen molar-refractivity contribution < 1.29 is 14.7 Å². The standard InChI is InChI=1S/C18H21N3O3/c1-2-6-14(18(23)24)19-17(22)16-11-15(12-9-10-12)20-21(16)13-7-4-3-5-8-13/h3-5,7-8,11-12,14H,2,6,9-10H2,1H3,(H,19,22)(H,23,24). The van der Waals surface area contributed by atoms with E-state index in [9.17, 15) is 14.7 Å². The molecular weight excluding hydrogens is 306 g/mol. The highest BCUT2D eigenvalue weighted by atomic mass is 16.4. The van der Waals surface area contributed by atoms with Gasteiger partial charge in [0.05, 0.1) is 11.4 Å². The molecule has 3 rings (SSSR count). The van der Waals surface area contributed by atoms with E-state index in [0.29, 0.717) is 24.5 Å². The lowest BCUT2D eigenvalue weighted by molar-refractivity contribution is -0.139. The van der Waals surface area contributed by atoms with Crippen molar-refractivity contribution in [3.05, 3.63) is 47.8 Å². The summed E-state index contributed by atoms with van der Waals surface area (Å²) >= 11 is 0. The minimum absolute atomic E-state index is 0.380. The van der Waals surface area contributed by atoms with Crippen LogP contribution in [0.4, 0.5) is 0 Å². The van der Waals surface area contributed by atoms with E-state index in [0.717, 1.165) is 24.2 Å². The van der Waals surface area contributed by atoms with Gasteiger partial charge in [-0.3, -0.25) is 4.79 Å². The number of carboxylic acids is 1. The number of carbonyl (C=O) groups excluding carboxylic acids is 1. The molecule has 1 amide bonds. The number of benzene rings is 1. The lowest BCUT2D eigenvalue weighted by Gasteiger charge is -2.14. The molecule has 0 radical (unpaired) electrons. The number of aromatic nitrogens is 2. The Hall–Kier alpha value is -2.63. The second-order valence-electron chi connectivity index (χ2n) is 6.13. The van der Waals surface area contributed by atoms with Crippen LogP contribution in [0, 0.1) is 0 Å². The third-order valence-corrected chi connectivity index (χ3v) is 4.14. The minimum atomic E-state index is -1.02. The first-order chi connectivity index (χ1) is 11.6. The monoisotopic (exact) mass is 327 g/mol. The van der Waals surface area contributed by atoms with Gasteiger partial charge < -0.3 is 10.4 Å². The predicted molar refractivity (Wildman–Crippen MR) is 89.3 cm³/mol. The van der Waals surface area contributed by atoms with Gasteiger partial charge in [-0.2, -0.15) is 5.10 Å². The quantitative estimate of drug-likeness (QED) is 0.819. The third kappa shape index (κ3) is 3.48. The van der Waals surface area contributed by atoms with E-state index in [-0.39, 0.29) is 0 Å². The fourth-order valence-corrected chi connectivity index (χ4v) is 2.68. The average Bonchev–Trinajstić information content (AvgIpc) is 3.33. The summed E-state index contributed by atoms with van der Waals surface area (Å²) in [6.07, 6.45) is 3.25. The number of para-hydroxylation sites is 1. The van der Waals surface area contributed by atoms with Crippen LogP contribution in [0.2, 0.25) is 0 Å². The van der Waals surface area contributed by atoms with Crippen molar-refractivity contribution in [2.24, 2.45) is 0 Å². The number of nitrogens with one attached hydrogen (secondary N) is 1. The molecule has 1 atom stereocenters. The molecule has 1 aliphatic carbocycles. The number of hydrogen-bond acceptors (Lipinski definition) is 3. The molecule has 1 heterocycles. The zero-order chi connectivity index (χ0) is 17.1. The Balaban J connectivity index is 1.91. The van der Waals surface area contributed by atoms with Gasteiger partial charge in [-0.1, -0.05) is 31.5 Å². The van der Waals surface area contributed by atoms with Gasteiger partial charge in [0.25, 0.3) is 5.91 Å². The van der Waals surface area contributed by atoms with Crippen LogP contribution in [0.1, 0.15) is 54.7 Å². The number of hydrogen-bond donors (Lipinski definition) is 2. The van der Waals surface area contributed by atoms with Crippen molar-refractivity contribution in [3.63, 3.8) is 0 Å². The molecule has 0 spiro atoms. The first-order valence-electron chi connectivity index (χ1n) is 8.29. The van der Waals surface area contributed by atoms with E-state index in [1.54, 1.807) is 10.7 Å². The highest BCUT2D eigenvalue weighted by molar-refractivity contribution is 5.95. The maximum Gasteiger partial charge on any atom is 0.326 e. The Morgan fingerprint density at radius 1 is 1.33 bits per heavy atom. The summed E-state index contributed by atoms with van der Waals surface area (Å²) in [7, 11) is 0.